The van der Waals surface area contributed by atoms with Gasteiger partial charge in [0, 0.05) is 12.6 Å². The number of likely N-dealkylation sites (tertiary alicyclic amines) is 1. The Labute approximate surface area is 112 Å². The third kappa shape index (κ3) is 4.87. The zero-order valence-corrected chi connectivity index (χ0v) is 12.2. The number of hydrogen-bond acceptors (Lipinski definition) is 3. The Morgan fingerprint density at radius 1 is 1.22 bits per heavy atom. The van der Waals surface area contributed by atoms with Gasteiger partial charge in [-0.2, -0.15) is 0 Å². The van der Waals surface area contributed by atoms with Crippen molar-refractivity contribution in [3.05, 3.63) is 0 Å². The summed E-state index contributed by atoms with van der Waals surface area (Å²) in [4.78, 5) is 2.62. The van der Waals surface area contributed by atoms with Crippen LogP contribution in [-0.4, -0.2) is 49.3 Å². The van der Waals surface area contributed by atoms with Crippen LogP contribution in [0.25, 0.3) is 0 Å². The highest BCUT2D eigenvalue weighted by Gasteiger charge is 2.28. The van der Waals surface area contributed by atoms with E-state index in [-0.39, 0.29) is 5.60 Å². The highest BCUT2D eigenvalue weighted by molar-refractivity contribution is 4.82. The molecule has 0 aromatic rings. The third-order valence-corrected chi connectivity index (χ3v) is 4.23. The molecule has 0 aliphatic carbocycles. The van der Waals surface area contributed by atoms with Gasteiger partial charge in [-0.05, 0) is 72.1 Å². The van der Waals surface area contributed by atoms with Gasteiger partial charge < -0.3 is 15.0 Å². The van der Waals surface area contributed by atoms with Crippen molar-refractivity contribution >= 4 is 0 Å². The van der Waals surface area contributed by atoms with E-state index in [1.807, 2.05) is 0 Å². The molecule has 0 spiro atoms. The van der Waals surface area contributed by atoms with Crippen LogP contribution in [0.15, 0.2) is 0 Å². The van der Waals surface area contributed by atoms with Gasteiger partial charge >= 0.3 is 0 Å². The highest BCUT2D eigenvalue weighted by Crippen LogP contribution is 2.23. The van der Waals surface area contributed by atoms with E-state index in [1.165, 1.54) is 51.7 Å². The van der Waals surface area contributed by atoms with Gasteiger partial charge in [0.2, 0.25) is 0 Å². The average molecular weight is 254 g/mol. The van der Waals surface area contributed by atoms with Gasteiger partial charge in [-0.1, -0.05) is 6.42 Å². The van der Waals surface area contributed by atoms with Crippen molar-refractivity contribution in [3.8, 4) is 0 Å². The number of piperidine rings is 1. The molecule has 0 aromatic carbocycles. The van der Waals surface area contributed by atoms with Crippen LogP contribution >= 0.6 is 0 Å². The maximum Gasteiger partial charge on any atom is 0.0641 e. The average Bonchev–Trinajstić information content (AvgIpc) is 2.35. The molecule has 0 radical (unpaired) electrons. The second kappa shape index (κ2) is 6.88. The summed E-state index contributed by atoms with van der Waals surface area (Å²) < 4.78 is 5.75. The molecule has 1 atom stereocenters. The van der Waals surface area contributed by atoms with Gasteiger partial charge in [-0.3, -0.25) is 0 Å². The summed E-state index contributed by atoms with van der Waals surface area (Å²) in [5, 5.41) is 3.71. The maximum absolute atomic E-state index is 5.75. The lowest BCUT2D eigenvalue weighted by molar-refractivity contribution is -0.0628. The molecule has 0 bridgehead atoms. The Hall–Kier alpha value is -0.120. The first kappa shape index (κ1) is 14.3. The van der Waals surface area contributed by atoms with E-state index in [2.05, 4.69) is 24.1 Å². The molecule has 2 saturated heterocycles. The molecular weight excluding hydrogens is 224 g/mol. The second-order valence-electron chi connectivity index (χ2n) is 6.51. The Kier molecular flexibility index (Phi) is 5.46. The van der Waals surface area contributed by atoms with Crippen molar-refractivity contribution < 1.29 is 4.74 Å². The lowest BCUT2D eigenvalue weighted by atomic mass is 9.94. The maximum atomic E-state index is 5.75. The lowest BCUT2D eigenvalue weighted by Gasteiger charge is -2.36. The minimum Gasteiger partial charge on any atom is -0.375 e. The van der Waals surface area contributed by atoms with E-state index in [1.54, 1.807) is 0 Å². The van der Waals surface area contributed by atoms with Crippen molar-refractivity contribution in [1.82, 2.24) is 10.2 Å². The SMILES string of the molecule is CC1(C)CC(NCCCN2CCCCC2)CCO1. The number of hydrogen-bond donors (Lipinski definition) is 1. The van der Waals surface area contributed by atoms with E-state index in [0.717, 1.165) is 19.6 Å². The largest absolute Gasteiger partial charge is 0.375 e. The monoisotopic (exact) mass is 254 g/mol. The van der Waals surface area contributed by atoms with Crippen LogP contribution in [0.3, 0.4) is 0 Å². The molecule has 1 unspecified atom stereocenters. The summed E-state index contributed by atoms with van der Waals surface area (Å²) in [5.41, 5.74) is 0.0722. The quantitative estimate of drug-likeness (QED) is 0.763. The first-order valence-electron chi connectivity index (χ1n) is 7.75. The standard InChI is InChI=1S/C15H30N2O/c1-15(2)13-14(7-12-18-15)16-8-6-11-17-9-4-3-5-10-17/h14,16H,3-13H2,1-2H3. The molecule has 106 valence electrons. The zero-order valence-electron chi connectivity index (χ0n) is 12.2. The van der Waals surface area contributed by atoms with Crippen LogP contribution in [0.2, 0.25) is 0 Å². The molecule has 2 rings (SSSR count). The normalized spacial score (nSPS) is 29.3. The summed E-state index contributed by atoms with van der Waals surface area (Å²) in [7, 11) is 0. The van der Waals surface area contributed by atoms with Crippen molar-refractivity contribution in [2.75, 3.05) is 32.8 Å². The van der Waals surface area contributed by atoms with E-state index in [0.29, 0.717) is 6.04 Å². The summed E-state index contributed by atoms with van der Waals surface area (Å²) in [5.74, 6) is 0. The Balaban J connectivity index is 1.54. The topological polar surface area (TPSA) is 24.5 Å². The summed E-state index contributed by atoms with van der Waals surface area (Å²) in [6, 6.07) is 0.662. The van der Waals surface area contributed by atoms with Crippen LogP contribution in [-0.2, 0) is 4.74 Å². The molecule has 2 aliphatic heterocycles. The van der Waals surface area contributed by atoms with E-state index in [9.17, 15) is 0 Å². The van der Waals surface area contributed by atoms with Crippen molar-refractivity contribution in [3.63, 3.8) is 0 Å². The molecule has 2 fully saturated rings. The third-order valence-electron chi connectivity index (χ3n) is 4.23. The van der Waals surface area contributed by atoms with Gasteiger partial charge in [0.15, 0.2) is 0 Å². The van der Waals surface area contributed by atoms with Crippen LogP contribution < -0.4 is 5.32 Å². The summed E-state index contributed by atoms with van der Waals surface area (Å²) >= 11 is 0. The fourth-order valence-corrected chi connectivity index (χ4v) is 3.20. The fraction of sp³-hybridized carbons (Fsp3) is 1.00. The molecule has 2 aliphatic rings. The van der Waals surface area contributed by atoms with Gasteiger partial charge in [-0.15, -0.1) is 0 Å². The molecule has 0 saturated carbocycles. The molecule has 3 heteroatoms. The predicted octanol–water partition coefficient (Wildman–Crippen LogP) is 2.41. The van der Waals surface area contributed by atoms with E-state index in [4.69, 9.17) is 4.74 Å². The highest BCUT2D eigenvalue weighted by atomic mass is 16.5. The first-order chi connectivity index (χ1) is 8.66. The minimum atomic E-state index is 0.0722. The number of rotatable bonds is 5. The van der Waals surface area contributed by atoms with Crippen LogP contribution in [0.1, 0.15) is 52.4 Å². The predicted molar refractivity (Wildman–Crippen MR) is 76.0 cm³/mol. The second-order valence-corrected chi connectivity index (χ2v) is 6.51. The van der Waals surface area contributed by atoms with E-state index < -0.39 is 0 Å². The first-order valence-corrected chi connectivity index (χ1v) is 7.75. The van der Waals surface area contributed by atoms with Crippen LogP contribution in [0, 0.1) is 0 Å². The number of nitrogens with zero attached hydrogens (tertiary/aromatic N) is 1. The smallest absolute Gasteiger partial charge is 0.0641 e. The number of ether oxygens (including phenoxy) is 1. The molecule has 0 aromatic heterocycles. The Morgan fingerprint density at radius 2 is 2.00 bits per heavy atom. The van der Waals surface area contributed by atoms with Gasteiger partial charge in [-0.25, -0.2) is 0 Å². The molecule has 0 amide bonds. The lowest BCUT2D eigenvalue weighted by Crippen LogP contribution is -2.44. The molecule has 2 heterocycles. The van der Waals surface area contributed by atoms with Gasteiger partial charge in [0.1, 0.15) is 0 Å². The molecule has 1 N–H and O–H groups in total. The number of nitrogens with one attached hydrogen (secondary N) is 1. The fourth-order valence-electron chi connectivity index (χ4n) is 3.20. The zero-order chi connectivity index (χ0) is 12.8. The van der Waals surface area contributed by atoms with Crippen LogP contribution in [0.4, 0.5) is 0 Å². The molecule has 3 nitrogen and oxygen atoms in total. The van der Waals surface area contributed by atoms with Crippen LogP contribution in [0.5, 0.6) is 0 Å². The summed E-state index contributed by atoms with van der Waals surface area (Å²) in [6.45, 7) is 10.4. The minimum absolute atomic E-state index is 0.0722. The van der Waals surface area contributed by atoms with Gasteiger partial charge in [0.05, 0.1) is 5.60 Å². The Bertz CT molecular complexity index is 237. The van der Waals surface area contributed by atoms with Crippen molar-refractivity contribution in [2.24, 2.45) is 0 Å². The molecular formula is C15H30N2O. The summed E-state index contributed by atoms with van der Waals surface area (Å²) in [6.07, 6.45) is 7.86. The van der Waals surface area contributed by atoms with Crippen molar-refractivity contribution in [2.45, 2.75) is 64.0 Å². The van der Waals surface area contributed by atoms with E-state index >= 15 is 0 Å². The Morgan fingerprint density at radius 3 is 2.72 bits per heavy atom. The molecule has 18 heavy (non-hydrogen) atoms. The van der Waals surface area contributed by atoms with Gasteiger partial charge in [0.25, 0.3) is 0 Å². The van der Waals surface area contributed by atoms with Crippen molar-refractivity contribution in [1.29, 1.82) is 0 Å².